The van der Waals surface area contributed by atoms with Gasteiger partial charge in [-0.15, -0.1) is 0 Å². The quantitative estimate of drug-likeness (QED) is 0.865. The zero-order valence-corrected chi connectivity index (χ0v) is 13.5. The zero-order valence-electron chi connectivity index (χ0n) is 13.5. The molecule has 1 N–H and O–H groups in total. The number of ether oxygens (including phenoxy) is 1. The van der Waals surface area contributed by atoms with Crippen molar-refractivity contribution in [1.29, 1.82) is 0 Å². The van der Waals surface area contributed by atoms with Crippen LogP contribution in [0, 0.1) is 6.92 Å². The number of benzene rings is 2. The fourth-order valence-electron chi connectivity index (χ4n) is 2.41. The van der Waals surface area contributed by atoms with Gasteiger partial charge in [-0.2, -0.15) is 13.2 Å². The van der Waals surface area contributed by atoms with Crippen LogP contribution in [-0.4, -0.2) is 31.0 Å². The van der Waals surface area contributed by atoms with Gasteiger partial charge in [0.15, 0.2) is 6.10 Å². The minimum Gasteiger partial charge on any atom is -0.497 e. The van der Waals surface area contributed by atoms with Gasteiger partial charge in [-0.25, -0.2) is 0 Å². The Morgan fingerprint density at radius 2 is 1.83 bits per heavy atom. The van der Waals surface area contributed by atoms with Crippen molar-refractivity contribution in [3.63, 3.8) is 0 Å². The van der Waals surface area contributed by atoms with Crippen LogP contribution in [-0.2, 0) is 6.54 Å². The number of hydrogen-bond donors (Lipinski definition) is 1. The van der Waals surface area contributed by atoms with E-state index in [0.29, 0.717) is 11.4 Å². The fourth-order valence-corrected chi connectivity index (χ4v) is 2.41. The molecule has 0 aliphatic carbocycles. The lowest BCUT2D eigenvalue weighted by Gasteiger charge is -2.28. The van der Waals surface area contributed by atoms with Gasteiger partial charge >= 0.3 is 6.18 Å². The van der Waals surface area contributed by atoms with Crippen LogP contribution < -0.4 is 9.64 Å². The predicted octanol–water partition coefficient (Wildman–Crippen LogP) is 3.93. The number of aliphatic hydroxyl groups is 1. The first-order valence-corrected chi connectivity index (χ1v) is 7.49. The number of anilines is 1. The van der Waals surface area contributed by atoms with Crippen LogP contribution in [0.4, 0.5) is 18.9 Å². The second-order valence-electron chi connectivity index (χ2n) is 5.63. The molecule has 1 unspecified atom stereocenters. The van der Waals surface area contributed by atoms with E-state index in [9.17, 15) is 18.3 Å². The van der Waals surface area contributed by atoms with Crippen LogP contribution >= 0.6 is 0 Å². The first-order valence-electron chi connectivity index (χ1n) is 7.49. The number of halogens is 3. The summed E-state index contributed by atoms with van der Waals surface area (Å²) in [6.45, 7) is 1.62. The second-order valence-corrected chi connectivity index (χ2v) is 5.63. The van der Waals surface area contributed by atoms with Crippen molar-refractivity contribution in [2.45, 2.75) is 25.7 Å². The largest absolute Gasteiger partial charge is 0.497 e. The fraction of sp³-hybridized carbons (Fsp3) is 0.333. The number of nitrogens with zero attached hydrogens (tertiary/aromatic N) is 1. The Bertz CT molecular complexity index is 673. The number of rotatable bonds is 6. The molecule has 130 valence electrons. The molecule has 0 amide bonds. The maximum atomic E-state index is 12.8. The topological polar surface area (TPSA) is 32.7 Å². The summed E-state index contributed by atoms with van der Waals surface area (Å²) < 4.78 is 43.5. The molecular formula is C18H20F3NO2. The number of alkyl halides is 3. The highest BCUT2D eigenvalue weighted by Gasteiger charge is 2.39. The third-order valence-electron chi connectivity index (χ3n) is 3.65. The highest BCUT2D eigenvalue weighted by Crippen LogP contribution is 2.27. The van der Waals surface area contributed by atoms with E-state index in [4.69, 9.17) is 4.74 Å². The van der Waals surface area contributed by atoms with Gasteiger partial charge in [-0.05, 0) is 24.6 Å². The Hall–Kier alpha value is -2.21. The molecule has 6 heteroatoms. The third-order valence-corrected chi connectivity index (χ3v) is 3.65. The van der Waals surface area contributed by atoms with E-state index < -0.39 is 18.8 Å². The standard InChI is InChI=1S/C18H20F3NO2/c1-13-5-3-6-14(9-13)11-22(12-17(23)18(19,20)21)15-7-4-8-16(10-15)24-2/h3-10,17,23H,11-12H2,1-2H3. The molecule has 2 aromatic rings. The van der Waals surface area contributed by atoms with Gasteiger partial charge in [0.05, 0.1) is 13.7 Å². The summed E-state index contributed by atoms with van der Waals surface area (Å²) in [6.07, 6.45) is -7.09. The summed E-state index contributed by atoms with van der Waals surface area (Å²) >= 11 is 0. The van der Waals surface area contributed by atoms with Gasteiger partial charge in [-0.3, -0.25) is 0 Å². The van der Waals surface area contributed by atoms with E-state index in [2.05, 4.69) is 0 Å². The SMILES string of the molecule is COc1cccc(N(Cc2cccc(C)c2)CC(O)C(F)(F)F)c1. The lowest BCUT2D eigenvalue weighted by molar-refractivity contribution is -0.200. The van der Waals surface area contributed by atoms with Gasteiger partial charge in [0.1, 0.15) is 5.75 Å². The summed E-state index contributed by atoms with van der Waals surface area (Å²) in [5.74, 6) is 0.545. The van der Waals surface area contributed by atoms with Gasteiger partial charge < -0.3 is 14.7 Å². The van der Waals surface area contributed by atoms with Gasteiger partial charge in [0.25, 0.3) is 0 Å². The molecule has 3 nitrogen and oxygen atoms in total. The first kappa shape index (κ1) is 18.1. The van der Waals surface area contributed by atoms with Crippen LogP contribution in [0.5, 0.6) is 5.75 Å². The van der Waals surface area contributed by atoms with Gasteiger partial charge in [0, 0.05) is 18.3 Å². The molecule has 0 saturated carbocycles. The highest BCUT2D eigenvalue weighted by molar-refractivity contribution is 5.51. The van der Waals surface area contributed by atoms with Crippen molar-refractivity contribution >= 4 is 5.69 Å². The molecular weight excluding hydrogens is 319 g/mol. The average Bonchev–Trinajstić information content (AvgIpc) is 2.53. The molecule has 0 bridgehead atoms. The predicted molar refractivity (Wildman–Crippen MR) is 87.3 cm³/mol. The third kappa shape index (κ3) is 4.89. The lowest BCUT2D eigenvalue weighted by atomic mass is 10.1. The maximum absolute atomic E-state index is 12.8. The summed E-state index contributed by atoms with van der Waals surface area (Å²) in [5.41, 5.74) is 2.45. The second kappa shape index (κ2) is 7.57. The van der Waals surface area contributed by atoms with E-state index in [0.717, 1.165) is 11.1 Å². The Morgan fingerprint density at radius 3 is 2.46 bits per heavy atom. The van der Waals surface area contributed by atoms with Crippen LogP contribution in [0.1, 0.15) is 11.1 Å². The molecule has 0 saturated heterocycles. The Balaban J connectivity index is 2.29. The molecule has 0 radical (unpaired) electrons. The summed E-state index contributed by atoms with van der Waals surface area (Å²) in [5, 5.41) is 9.48. The maximum Gasteiger partial charge on any atom is 0.416 e. The molecule has 0 aliphatic rings. The summed E-state index contributed by atoms with van der Waals surface area (Å²) in [4.78, 5) is 1.50. The summed E-state index contributed by atoms with van der Waals surface area (Å²) in [7, 11) is 1.49. The van der Waals surface area contributed by atoms with Crippen molar-refractivity contribution in [2.75, 3.05) is 18.6 Å². The minimum absolute atomic E-state index is 0.252. The molecule has 0 spiro atoms. The number of hydrogen-bond acceptors (Lipinski definition) is 3. The van der Waals surface area contributed by atoms with Crippen molar-refractivity contribution in [2.24, 2.45) is 0 Å². The van der Waals surface area contributed by atoms with Crippen LogP contribution in [0.3, 0.4) is 0 Å². The van der Waals surface area contributed by atoms with Crippen molar-refractivity contribution in [1.82, 2.24) is 0 Å². The van der Waals surface area contributed by atoms with E-state index in [1.165, 1.54) is 12.0 Å². The minimum atomic E-state index is -4.66. The Kier molecular flexibility index (Phi) is 5.72. The normalized spacial score (nSPS) is 12.8. The molecule has 1 atom stereocenters. The number of aryl methyl sites for hydroxylation is 1. The van der Waals surface area contributed by atoms with E-state index in [1.807, 2.05) is 31.2 Å². The monoisotopic (exact) mass is 339 g/mol. The van der Waals surface area contributed by atoms with Crippen molar-refractivity contribution in [3.05, 3.63) is 59.7 Å². The van der Waals surface area contributed by atoms with E-state index >= 15 is 0 Å². The van der Waals surface area contributed by atoms with Crippen molar-refractivity contribution < 1.29 is 23.0 Å². The first-order chi connectivity index (χ1) is 11.3. The molecule has 0 aromatic heterocycles. The Morgan fingerprint density at radius 1 is 1.12 bits per heavy atom. The molecule has 0 heterocycles. The van der Waals surface area contributed by atoms with E-state index in [-0.39, 0.29) is 6.54 Å². The molecule has 2 rings (SSSR count). The zero-order chi connectivity index (χ0) is 17.7. The van der Waals surface area contributed by atoms with Gasteiger partial charge in [0.2, 0.25) is 0 Å². The molecule has 0 fully saturated rings. The lowest BCUT2D eigenvalue weighted by Crippen LogP contribution is -2.40. The van der Waals surface area contributed by atoms with Crippen molar-refractivity contribution in [3.8, 4) is 5.75 Å². The highest BCUT2D eigenvalue weighted by atomic mass is 19.4. The summed E-state index contributed by atoms with van der Waals surface area (Å²) in [6, 6.07) is 14.3. The Labute approximate surface area is 139 Å². The van der Waals surface area contributed by atoms with Gasteiger partial charge in [-0.1, -0.05) is 35.9 Å². The molecule has 0 aliphatic heterocycles. The number of methoxy groups -OCH3 is 1. The van der Waals surface area contributed by atoms with E-state index in [1.54, 1.807) is 24.3 Å². The molecule has 2 aromatic carbocycles. The smallest absolute Gasteiger partial charge is 0.416 e. The average molecular weight is 339 g/mol. The van der Waals surface area contributed by atoms with Crippen LogP contribution in [0.2, 0.25) is 0 Å². The molecule has 24 heavy (non-hydrogen) atoms. The van der Waals surface area contributed by atoms with Crippen LogP contribution in [0.15, 0.2) is 48.5 Å². The van der Waals surface area contributed by atoms with Crippen LogP contribution in [0.25, 0.3) is 0 Å². The number of aliphatic hydroxyl groups excluding tert-OH is 1.